The lowest BCUT2D eigenvalue weighted by atomic mass is 10.1. The second-order valence-electron chi connectivity index (χ2n) is 8.75. The third-order valence-corrected chi connectivity index (χ3v) is 7.59. The topological polar surface area (TPSA) is 130 Å². The van der Waals surface area contributed by atoms with Crippen LogP contribution >= 0.6 is 23.2 Å². The van der Waals surface area contributed by atoms with Crippen LogP contribution in [0.1, 0.15) is 38.3 Å². The fraction of sp³-hybridized carbons (Fsp3) is 0.417. The molecule has 0 heterocycles. The summed E-state index contributed by atoms with van der Waals surface area (Å²) in [6.07, 6.45) is 1.57. The van der Waals surface area contributed by atoms with Gasteiger partial charge in [-0.25, -0.2) is 8.42 Å². The Kier molecular flexibility index (Phi) is 10.3. The molecule has 2 aromatic rings. The summed E-state index contributed by atoms with van der Waals surface area (Å²) in [6, 6.07) is 7.32. The third kappa shape index (κ3) is 8.05. The summed E-state index contributed by atoms with van der Waals surface area (Å²) < 4.78 is 26.3. The van der Waals surface area contributed by atoms with Crippen LogP contribution in [0, 0.1) is 17.0 Å². The molecule has 2 aromatic carbocycles. The van der Waals surface area contributed by atoms with E-state index in [4.69, 9.17) is 23.2 Å². The molecule has 0 aliphatic carbocycles. The van der Waals surface area contributed by atoms with E-state index in [1.54, 1.807) is 19.1 Å². The number of rotatable bonds is 11. The van der Waals surface area contributed by atoms with Gasteiger partial charge in [0.2, 0.25) is 21.8 Å². The molecule has 13 heteroatoms. The predicted octanol–water partition coefficient (Wildman–Crippen LogP) is 4.31. The highest BCUT2D eigenvalue weighted by Crippen LogP contribution is 2.28. The zero-order chi connectivity index (χ0) is 28.1. The van der Waals surface area contributed by atoms with Gasteiger partial charge >= 0.3 is 0 Å². The Hall–Kier alpha value is -2.89. The molecule has 10 nitrogen and oxygen atoms in total. The number of non-ortho nitro benzene ring substituents is 1. The van der Waals surface area contributed by atoms with E-state index in [1.807, 2.05) is 13.8 Å². The minimum Gasteiger partial charge on any atom is -0.352 e. The van der Waals surface area contributed by atoms with Crippen LogP contribution in [0.2, 0.25) is 10.0 Å². The molecule has 0 fully saturated rings. The quantitative estimate of drug-likeness (QED) is 0.315. The number of aryl methyl sites for hydroxylation is 1. The molecule has 202 valence electrons. The molecular formula is C24H30Cl2N4O6S. The Balaban J connectivity index is 2.51. The van der Waals surface area contributed by atoms with E-state index in [0.717, 1.165) is 16.6 Å². The molecule has 0 saturated carbocycles. The van der Waals surface area contributed by atoms with Gasteiger partial charge in [-0.3, -0.25) is 24.0 Å². The van der Waals surface area contributed by atoms with E-state index in [2.05, 4.69) is 5.32 Å². The van der Waals surface area contributed by atoms with E-state index < -0.39 is 39.3 Å². The van der Waals surface area contributed by atoms with Crippen molar-refractivity contribution in [2.75, 3.05) is 17.1 Å². The number of halogens is 2. The van der Waals surface area contributed by atoms with Crippen LogP contribution in [0.3, 0.4) is 0 Å². The Morgan fingerprint density at radius 1 is 1.14 bits per heavy atom. The Morgan fingerprint density at radius 2 is 1.78 bits per heavy atom. The van der Waals surface area contributed by atoms with E-state index >= 15 is 0 Å². The van der Waals surface area contributed by atoms with Gasteiger partial charge in [0.15, 0.2) is 0 Å². The van der Waals surface area contributed by atoms with Crippen LogP contribution in [0.25, 0.3) is 0 Å². The number of amides is 2. The molecule has 0 aliphatic rings. The first-order valence-electron chi connectivity index (χ1n) is 11.4. The molecule has 2 amide bonds. The number of nitro groups is 1. The number of nitrogens with one attached hydrogen (secondary N) is 1. The number of benzene rings is 2. The zero-order valence-electron chi connectivity index (χ0n) is 21.2. The van der Waals surface area contributed by atoms with Gasteiger partial charge in [0.1, 0.15) is 12.6 Å². The molecule has 37 heavy (non-hydrogen) atoms. The summed E-state index contributed by atoms with van der Waals surface area (Å²) in [7, 11) is -4.05. The third-order valence-electron chi connectivity index (χ3n) is 5.88. The van der Waals surface area contributed by atoms with Gasteiger partial charge in [0.05, 0.1) is 16.9 Å². The molecule has 0 radical (unpaired) electrons. The number of carbonyl (C=O) groups is 2. The number of sulfonamides is 1. The van der Waals surface area contributed by atoms with Crippen LogP contribution in [-0.4, -0.2) is 54.9 Å². The van der Waals surface area contributed by atoms with Gasteiger partial charge in [0, 0.05) is 34.8 Å². The molecule has 0 saturated heterocycles. The van der Waals surface area contributed by atoms with Crippen LogP contribution in [-0.2, 0) is 26.2 Å². The first-order chi connectivity index (χ1) is 17.1. The lowest BCUT2D eigenvalue weighted by molar-refractivity contribution is -0.384. The second-order valence-corrected chi connectivity index (χ2v) is 11.5. The zero-order valence-corrected chi connectivity index (χ0v) is 23.5. The highest BCUT2D eigenvalue weighted by molar-refractivity contribution is 7.92. The first-order valence-corrected chi connectivity index (χ1v) is 14.0. The van der Waals surface area contributed by atoms with Gasteiger partial charge < -0.3 is 10.2 Å². The Labute approximate surface area is 226 Å². The van der Waals surface area contributed by atoms with Crippen molar-refractivity contribution in [3.05, 3.63) is 67.7 Å². The average molecular weight is 573 g/mol. The summed E-state index contributed by atoms with van der Waals surface area (Å²) in [6.45, 7) is 6.04. The molecule has 0 unspecified atom stereocenters. The summed E-state index contributed by atoms with van der Waals surface area (Å²) in [5.74, 6) is -1.13. The highest BCUT2D eigenvalue weighted by Gasteiger charge is 2.32. The number of carbonyl (C=O) groups excluding carboxylic acids is 2. The molecule has 0 bridgehead atoms. The fourth-order valence-corrected chi connectivity index (χ4v) is 4.82. The Morgan fingerprint density at radius 3 is 2.32 bits per heavy atom. The first kappa shape index (κ1) is 30.3. The van der Waals surface area contributed by atoms with Crippen molar-refractivity contribution in [2.24, 2.45) is 0 Å². The maximum atomic E-state index is 13.6. The minimum absolute atomic E-state index is 0.00812. The van der Waals surface area contributed by atoms with E-state index in [1.165, 1.54) is 30.0 Å². The van der Waals surface area contributed by atoms with Crippen molar-refractivity contribution < 1.29 is 22.9 Å². The van der Waals surface area contributed by atoms with Crippen LogP contribution in [0.15, 0.2) is 36.4 Å². The van der Waals surface area contributed by atoms with Crippen LogP contribution < -0.4 is 9.62 Å². The maximum Gasteiger partial charge on any atom is 0.271 e. The summed E-state index contributed by atoms with van der Waals surface area (Å²) in [4.78, 5) is 38.4. The van der Waals surface area contributed by atoms with Crippen molar-refractivity contribution in [3.63, 3.8) is 0 Å². The lowest BCUT2D eigenvalue weighted by Crippen LogP contribution is -2.52. The molecule has 0 aromatic heterocycles. The second kappa shape index (κ2) is 12.6. The molecule has 0 spiro atoms. The number of hydrogen-bond acceptors (Lipinski definition) is 6. The number of hydrogen-bond donors (Lipinski definition) is 1. The van der Waals surface area contributed by atoms with Gasteiger partial charge in [-0.05, 0) is 50.5 Å². The van der Waals surface area contributed by atoms with Crippen LogP contribution in [0.4, 0.5) is 11.4 Å². The van der Waals surface area contributed by atoms with Crippen molar-refractivity contribution in [3.8, 4) is 0 Å². The molecular weight excluding hydrogens is 543 g/mol. The fourth-order valence-electron chi connectivity index (χ4n) is 3.46. The summed E-state index contributed by atoms with van der Waals surface area (Å²) in [5.41, 5.74) is 0.581. The van der Waals surface area contributed by atoms with Gasteiger partial charge in [-0.15, -0.1) is 0 Å². The average Bonchev–Trinajstić information content (AvgIpc) is 2.81. The Bertz CT molecular complexity index is 1290. The molecule has 2 atom stereocenters. The maximum absolute atomic E-state index is 13.6. The standard InChI is InChI=1S/C24H30Cl2N4O6S/c1-6-16(3)27-24(32)17(4)28(13-18-8-9-19(25)11-21(18)26)23(31)14-29(37(5,35)36)22-12-20(30(33)34)10-7-15(22)2/h7-12,16-17H,6,13-14H2,1-5H3,(H,27,32)/t16-,17-/m1/s1. The molecule has 2 rings (SSSR count). The summed E-state index contributed by atoms with van der Waals surface area (Å²) >= 11 is 12.3. The lowest BCUT2D eigenvalue weighted by Gasteiger charge is -2.32. The van der Waals surface area contributed by atoms with Crippen LogP contribution in [0.5, 0.6) is 0 Å². The van der Waals surface area contributed by atoms with Crippen molar-refractivity contribution in [1.29, 1.82) is 0 Å². The molecule has 1 N–H and O–H groups in total. The van der Waals surface area contributed by atoms with E-state index in [0.29, 0.717) is 22.6 Å². The SMILES string of the molecule is CC[C@@H](C)NC(=O)[C@@H](C)N(Cc1ccc(Cl)cc1Cl)C(=O)CN(c1cc([N+](=O)[O-])ccc1C)S(C)(=O)=O. The summed E-state index contributed by atoms with van der Waals surface area (Å²) in [5, 5.41) is 14.8. The minimum atomic E-state index is -4.05. The van der Waals surface area contributed by atoms with Gasteiger partial charge in [0.25, 0.3) is 5.69 Å². The molecule has 0 aliphatic heterocycles. The number of nitro benzene ring substituents is 1. The van der Waals surface area contributed by atoms with Gasteiger partial charge in [-0.2, -0.15) is 0 Å². The largest absolute Gasteiger partial charge is 0.352 e. The normalized spacial score (nSPS) is 12.9. The van der Waals surface area contributed by atoms with Crippen molar-refractivity contribution in [2.45, 2.75) is 52.7 Å². The van der Waals surface area contributed by atoms with Crippen molar-refractivity contribution in [1.82, 2.24) is 10.2 Å². The smallest absolute Gasteiger partial charge is 0.271 e. The number of anilines is 1. The van der Waals surface area contributed by atoms with E-state index in [9.17, 15) is 28.1 Å². The van der Waals surface area contributed by atoms with Gasteiger partial charge in [-0.1, -0.05) is 42.3 Å². The van der Waals surface area contributed by atoms with E-state index in [-0.39, 0.29) is 29.0 Å². The predicted molar refractivity (Wildman–Crippen MR) is 144 cm³/mol. The van der Waals surface area contributed by atoms with Crippen molar-refractivity contribution >= 4 is 56.4 Å². The monoisotopic (exact) mass is 572 g/mol. The number of nitrogens with zero attached hydrogens (tertiary/aromatic N) is 3. The highest BCUT2D eigenvalue weighted by atomic mass is 35.5.